The zero-order chi connectivity index (χ0) is 28.1. The van der Waals surface area contributed by atoms with Crippen LogP contribution in [0.15, 0.2) is 84.5 Å². The summed E-state index contributed by atoms with van der Waals surface area (Å²) in [4.78, 5) is 28.9. The van der Waals surface area contributed by atoms with Gasteiger partial charge in [0.05, 0.1) is 21.8 Å². The number of nitrogens with one attached hydrogen (secondary N) is 1. The maximum Gasteiger partial charge on any atom is 0.306 e. The number of Topliss-reactive ketones (excluding diaryl/α,β-unsaturated/α-hetero) is 1. The molecule has 2 N–H and O–H groups in total. The molecule has 5 rings (SSSR count). The number of carbonyl (C=O) groups excluding carboxylic acids is 1. The summed E-state index contributed by atoms with van der Waals surface area (Å²) in [6.07, 6.45) is 10.4. The number of rotatable bonds is 11. The molecular formula is C32H28F2N2O3S. The second-order valence-electron chi connectivity index (χ2n) is 9.84. The largest absolute Gasteiger partial charge is 0.481 e. The van der Waals surface area contributed by atoms with Gasteiger partial charge in [0.1, 0.15) is 11.6 Å². The lowest BCUT2D eigenvalue weighted by Crippen LogP contribution is -2.18. The molecule has 1 aliphatic carbocycles. The van der Waals surface area contributed by atoms with Gasteiger partial charge in [-0.25, -0.2) is 13.8 Å². The molecular weight excluding hydrogens is 530 g/mol. The van der Waals surface area contributed by atoms with E-state index in [1.807, 2.05) is 0 Å². The Morgan fingerprint density at radius 3 is 2.52 bits per heavy atom. The van der Waals surface area contributed by atoms with Crippen molar-refractivity contribution < 1.29 is 23.5 Å². The van der Waals surface area contributed by atoms with E-state index in [2.05, 4.69) is 28.5 Å². The molecule has 1 aliphatic rings. The first kappa shape index (κ1) is 27.4. The third-order valence-electron chi connectivity index (χ3n) is 6.97. The Bertz CT molecular complexity index is 1610. The second-order valence-corrected chi connectivity index (χ2v) is 10.9. The number of halogens is 2. The molecule has 3 aromatic carbocycles. The number of fused-ring (bicyclic) bond motifs is 1. The van der Waals surface area contributed by atoms with E-state index >= 15 is 0 Å². The maximum absolute atomic E-state index is 14.9. The molecule has 0 bridgehead atoms. The van der Waals surface area contributed by atoms with Crippen LogP contribution in [0.1, 0.15) is 48.9 Å². The van der Waals surface area contributed by atoms with Crippen LogP contribution >= 0.6 is 11.3 Å². The van der Waals surface area contributed by atoms with E-state index in [1.54, 1.807) is 42.5 Å². The fraction of sp³-hybridized carbons (Fsp3) is 0.219. The first-order valence-electron chi connectivity index (χ1n) is 13.2. The highest BCUT2D eigenvalue weighted by atomic mass is 32.1. The van der Waals surface area contributed by atoms with Gasteiger partial charge < -0.3 is 10.4 Å². The van der Waals surface area contributed by atoms with Gasteiger partial charge in [0.25, 0.3) is 0 Å². The summed E-state index contributed by atoms with van der Waals surface area (Å²) >= 11 is 1.30. The molecule has 0 amide bonds. The smallest absolute Gasteiger partial charge is 0.306 e. The predicted molar refractivity (Wildman–Crippen MR) is 155 cm³/mol. The summed E-state index contributed by atoms with van der Waals surface area (Å²) in [6, 6.07) is 15.8. The maximum atomic E-state index is 14.9. The van der Waals surface area contributed by atoms with E-state index < -0.39 is 17.7 Å². The van der Waals surface area contributed by atoms with Crippen LogP contribution in [-0.4, -0.2) is 21.8 Å². The number of allylic oxidation sites excluding steroid dienone is 4. The van der Waals surface area contributed by atoms with Gasteiger partial charge in [-0.15, -0.1) is 0 Å². The van der Waals surface area contributed by atoms with Gasteiger partial charge in [-0.05, 0) is 67.5 Å². The van der Waals surface area contributed by atoms with Crippen molar-refractivity contribution >= 4 is 44.1 Å². The normalized spacial score (nSPS) is 13.7. The first-order chi connectivity index (χ1) is 19.4. The van der Waals surface area contributed by atoms with E-state index in [4.69, 9.17) is 0 Å². The molecule has 0 spiro atoms. The molecule has 5 nitrogen and oxygen atoms in total. The average molecular weight is 559 g/mol. The Kier molecular flexibility index (Phi) is 8.45. The van der Waals surface area contributed by atoms with E-state index in [1.165, 1.54) is 35.1 Å². The van der Waals surface area contributed by atoms with Crippen molar-refractivity contribution in [2.75, 3.05) is 5.32 Å². The van der Waals surface area contributed by atoms with E-state index in [0.717, 1.165) is 29.5 Å². The van der Waals surface area contributed by atoms with Gasteiger partial charge in [-0.2, -0.15) is 0 Å². The average Bonchev–Trinajstić information content (AvgIpc) is 3.35. The summed E-state index contributed by atoms with van der Waals surface area (Å²) in [5, 5.41) is 13.1. The number of carbonyl (C=O) groups is 2. The van der Waals surface area contributed by atoms with Gasteiger partial charge in [0.15, 0.2) is 10.9 Å². The fourth-order valence-electron chi connectivity index (χ4n) is 4.77. The Labute approximate surface area is 234 Å². The summed E-state index contributed by atoms with van der Waals surface area (Å²) < 4.78 is 29.2. The third kappa shape index (κ3) is 6.69. The minimum atomic E-state index is -0.958. The lowest BCUT2D eigenvalue weighted by Gasteiger charge is -2.13. The summed E-state index contributed by atoms with van der Waals surface area (Å²) in [7, 11) is 0. The van der Waals surface area contributed by atoms with Crippen LogP contribution in [-0.2, 0) is 4.79 Å². The van der Waals surface area contributed by atoms with Gasteiger partial charge in [0, 0.05) is 18.1 Å². The van der Waals surface area contributed by atoms with Gasteiger partial charge in [-0.1, -0.05) is 65.5 Å². The summed E-state index contributed by atoms with van der Waals surface area (Å²) in [5.41, 5.74) is 3.75. The number of hydrogen-bond donors (Lipinski definition) is 2. The second kappa shape index (κ2) is 12.3. The fourth-order valence-corrected chi connectivity index (χ4v) is 5.63. The Morgan fingerprint density at radius 1 is 1.00 bits per heavy atom. The zero-order valence-electron chi connectivity index (χ0n) is 21.7. The number of aromatic nitrogens is 1. The highest BCUT2D eigenvalue weighted by molar-refractivity contribution is 7.22. The molecule has 0 radical (unpaired) electrons. The molecule has 0 saturated heterocycles. The van der Waals surface area contributed by atoms with Crippen molar-refractivity contribution in [3.8, 4) is 11.1 Å². The Hall–Kier alpha value is -4.17. The molecule has 0 aliphatic heterocycles. The molecule has 1 unspecified atom stereocenters. The van der Waals surface area contributed by atoms with Crippen molar-refractivity contribution in [3.05, 3.63) is 102 Å². The zero-order valence-corrected chi connectivity index (χ0v) is 22.5. The van der Waals surface area contributed by atoms with Gasteiger partial charge in [0.2, 0.25) is 0 Å². The molecule has 40 heavy (non-hydrogen) atoms. The Balaban J connectivity index is 1.20. The number of carboxylic acids is 1. The van der Waals surface area contributed by atoms with E-state index in [0.29, 0.717) is 34.6 Å². The van der Waals surface area contributed by atoms with Crippen LogP contribution in [0.5, 0.6) is 0 Å². The number of ketones is 1. The molecule has 0 saturated carbocycles. The van der Waals surface area contributed by atoms with Crippen LogP contribution in [0.25, 0.3) is 21.3 Å². The minimum absolute atomic E-state index is 0.0586. The molecule has 1 heterocycles. The number of anilines is 2. The lowest BCUT2D eigenvalue weighted by atomic mass is 9.91. The van der Waals surface area contributed by atoms with E-state index in [-0.39, 0.29) is 23.7 Å². The summed E-state index contributed by atoms with van der Waals surface area (Å²) in [6.45, 7) is 0. The highest BCUT2D eigenvalue weighted by Gasteiger charge is 2.22. The SMILES string of the molecule is O=C(CC(CCCC1=CCCC=C1)C(=O)O)c1ccc(-c2ccc(Nc3nc4cc(F)ccc4s3)c(F)c2)cc1. The van der Waals surface area contributed by atoms with Crippen molar-refractivity contribution in [3.63, 3.8) is 0 Å². The van der Waals surface area contributed by atoms with E-state index in [9.17, 15) is 23.5 Å². The number of nitrogens with zero attached hydrogens (tertiary/aromatic N) is 1. The van der Waals surface area contributed by atoms with Crippen LogP contribution in [0.4, 0.5) is 19.6 Å². The minimum Gasteiger partial charge on any atom is -0.481 e. The molecule has 4 aromatic rings. The third-order valence-corrected chi connectivity index (χ3v) is 7.92. The van der Waals surface area contributed by atoms with Crippen molar-refractivity contribution in [2.24, 2.45) is 5.92 Å². The van der Waals surface area contributed by atoms with Crippen molar-refractivity contribution in [2.45, 2.75) is 38.5 Å². The monoisotopic (exact) mass is 558 g/mol. The molecule has 8 heteroatoms. The quantitative estimate of drug-likeness (QED) is 0.180. The number of carboxylic acid groups (broad SMARTS) is 1. The summed E-state index contributed by atoms with van der Waals surface area (Å²) in [5.74, 6) is -2.77. The van der Waals surface area contributed by atoms with Gasteiger partial charge >= 0.3 is 5.97 Å². The Morgan fingerprint density at radius 2 is 1.80 bits per heavy atom. The number of hydrogen-bond acceptors (Lipinski definition) is 5. The van der Waals surface area contributed by atoms with Crippen LogP contribution in [0.2, 0.25) is 0 Å². The topological polar surface area (TPSA) is 79.3 Å². The number of thiazole rings is 1. The first-order valence-corrected chi connectivity index (χ1v) is 14.0. The number of benzene rings is 3. The van der Waals surface area contributed by atoms with Crippen molar-refractivity contribution in [1.29, 1.82) is 0 Å². The highest BCUT2D eigenvalue weighted by Crippen LogP contribution is 2.31. The number of aliphatic carboxylic acids is 1. The molecule has 204 valence electrons. The van der Waals surface area contributed by atoms with Crippen molar-refractivity contribution in [1.82, 2.24) is 4.98 Å². The molecule has 1 atom stereocenters. The molecule has 1 aromatic heterocycles. The molecule has 0 fully saturated rings. The van der Waals surface area contributed by atoms with Crippen LogP contribution in [0, 0.1) is 17.6 Å². The van der Waals surface area contributed by atoms with Crippen LogP contribution < -0.4 is 5.32 Å². The van der Waals surface area contributed by atoms with Gasteiger partial charge in [-0.3, -0.25) is 9.59 Å². The standard InChI is InChI=1S/C32H28F2N2O3S/c33-25-14-16-30-28(19-25)36-32(40-30)35-27-15-13-23(17-26(27)34)21-9-11-22(12-10-21)29(37)18-24(31(38)39)8-4-7-20-5-2-1-3-6-20/h2,5-6,9-17,19,24H,1,3-4,7-8,18H2,(H,35,36)(H,38,39). The predicted octanol–water partition coefficient (Wildman–Crippen LogP) is 8.71. The van der Waals surface area contributed by atoms with Crippen LogP contribution in [0.3, 0.4) is 0 Å². The lowest BCUT2D eigenvalue weighted by molar-refractivity contribution is -0.141.